The summed E-state index contributed by atoms with van der Waals surface area (Å²) in [6.07, 6.45) is 0. The van der Waals surface area contributed by atoms with Crippen molar-refractivity contribution in [3.05, 3.63) is 52.2 Å². The number of hydrogen-bond donors (Lipinski definition) is 2. The quantitative estimate of drug-likeness (QED) is 0.882. The van der Waals surface area contributed by atoms with Crippen LogP contribution < -0.4 is 0 Å². The van der Waals surface area contributed by atoms with Crippen LogP contribution in [0.4, 0.5) is 0 Å². The highest BCUT2D eigenvalue weighted by Crippen LogP contribution is 2.25. The van der Waals surface area contributed by atoms with E-state index in [0.717, 1.165) is 4.88 Å². The molecule has 0 radical (unpaired) electrons. The molecule has 0 saturated heterocycles. The van der Waals surface area contributed by atoms with Gasteiger partial charge in [-0.3, -0.25) is 9.69 Å². The largest absolute Gasteiger partial charge is 0.508 e. The van der Waals surface area contributed by atoms with E-state index in [1.807, 2.05) is 17.5 Å². The average Bonchev–Trinajstić information content (AvgIpc) is 2.81. The molecule has 1 unspecified atom stereocenters. The standard InChI is InChI=1S/C14H15NO3S/c1-15(9-12-6-3-7-19-12)13(14(17)18)10-4-2-5-11(16)8-10/h2-8,13,16H,9H2,1H3,(H,17,18). The molecule has 0 bridgehead atoms. The van der Waals surface area contributed by atoms with Crippen LogP contribution in [0.15, 0.2) is 41.8 Å². The van der Waals surface area contributed by atoms with Gasteiger partial charge in [-0.25, -0.2) is 0 Å². The second kappa shape index (κ2) is 5.86. The molecule has 2 aromatic rings. The van der Waals surface area contributed by atoms with Crippen LogP contribution in [-0.4, -0.2) is 28.1 Å². The van der Waals surface area contributed by atoms with E-state index >= 15 is 0 Å². The molecule has 1 aromatic heterocycles. The van der Waals surface area contributed by atoms with Crippen LogP contribution in [0.3, 0.4) is 0 Å². The number of thiophene rings is 1. The lowest BCUT2D eigenvalue weighted by molar-refractivity contribution is -0.143. The summed E-state index contributed by atoms with van der Waals surface area (Å²) in [6, 6.07) is 9.53. The smallest absolute Gasteiger partial charge is 0.325 e. The molecule has 2 N–H and O–H groups in total. The number of carbonyl (C=O) groups is 1. The van der Waals surface area contributed by atoms with Crippen molar-refractivity contribution in [3.63, 3.8) is 0 Å². The van der Waals surface area contributed by atoms with Gasteiger partial charge in [-0.2, -0.15) is 0 Å². The number of carboxylic acids is 1. The van der Waals surface area contributed by atoms with Gasteiger partial charge in [-0.05, 0) is 36.2 Å². The highest BCUT2D eigenvalue weighted by molar-refractivity contribution is 7.09. The van der Waals surface area contributed by atoms with E-state index in [2.05, 4.69) is 0 Å². The van der Waals surface area contributed by atoms with E-state index in [1.54, 1.807) is 35.4 Å². The molecule has 0 aliphatic heterocycles. The number of phenolic OH excluding ortho intramolecular Hbond substituents is 1. The van der Waals surface area contributed by atoms with Gasteiger partial charge < -0.3 is 10.2 Å². The lowest BCUT2D eigenvalue weighted by atomic mass is 10.1. The number of benzene rings is 1. The lowest BCUT2D eigenvalue weighted by Crippen LogP contribution is -2.30. The maximum Gasteiger partial charge on any atom is 0.325 e. The minimum Gasteiger partial charge on any atom is -0.508 e. The Labute approximate surface area is 115 Å². The van der Waals surface area contributed by atoms with Gasteiger partial charge in [0.25, 0.3) is 0 Å². The van der Waals surface area contributed by atoms with Gasteiger partial charge in [-0.15, -0.1) is 11.3 Å². The Morgan fingerprint density at radius 2 is 2.16 bits per heavy atom. The van der Waals surface area contributed by atoms with Gasteiger partial charge in [0.15, 0.2) is 0 Å². The number of aliphatic carboxylic acids is 1. The fraction of sp³-hybridized carbons (Fsp3) is 0.214. The van der Waals surface area contributed by atoms with E-state index < -0.39 is 12.0 Å². The van der Waals surface area contributed by atoms with Crippen LogP contribution >= 0.6 is 11.3 Å². The van der Waals surface area contributed by atoms with Crippen LogP contribution in [0.5, 0.6) is 5.75 Å². The van der Waals surface area contributed by atoms with E-state index in [4.69, 9.17) is 0 Å². The van der Waals surface area contributed by atoms with Crippen molar-refractivity contribution in [2.24, 2.45) is 0 Å². The Hall–Kier alpha value is -1.85. The van der Waals surface area contributed by atoms with Crippen LogP contribution in [0.1, 0.15) is 16.5 Å². The molecule has 1 aromatic carbocycles. The van der Waals surface area contributed by atoms with Crippen LogP contribution in [0.25, 0.3) is 0 Å². The fourth-order valence-electron chi connectivity index (χ4n) is 2.02. The fourth-order valence-corrected chi connectivity index (χ4v) is 2.79. The molecular weight excluding hydrogens is 262 g/mol. The Morgan fingerprint density at radius 1 is 1.37 bits per heavy atom. The van der Waals surface area contributed by atoms with E-state index in [1.165, 1.54) is 12.1 Å². The first-order valence-electron chi connectivity index (χ1n) is 5.82. The predicted octanol–water partition coefficient (Wildman–Crippen LogP) is 2.71. The molecule has 0 spiro atoms. The number of likely N-dealkylation sites (N-methyl/N-ethyl adjacent to an activating group) is 1. The minimum absolute atomic E-state index is 0.0771. The molecule has 100 valence electrons. The summed E-state index contributed by atoms with van der Waals surface area (Å²) >= 11 is 1.59. The van der Waals surface area contributed by atoms with Crippen LogP contribution in [0.2, 0.25) is 0 Å². The third-order valence-corrected chi connectivity index (χ3v) is 3.71. The van der Waals surface area contributed by atoms with Crippen molar-refractivity contribution in [3.8, 4) is 5.75 Å². The third-order valence-electron chi connectivity index (χ3n) is 2.85. The molecule has 0 aliphatic carbocycles. The summed E-state index contributed by atoms with van der Waals surface area (Å²) in [5.74, 6) is -0.849. The molecule has 0 saturated carbocycles. The molecule has 0 amide bonds. The summed E-state index contributed by atoms with van der Waals surface area (Å²) in [5, 5.41) is 20.8. The maximum absolute atomic E-state index is 11.5. The van der Waals surface area contributed by atoms with Gasteiger partial charge >= 0.3 is 5.97 Å². The van der Waals surface area contributed by atoms with Gasteiger partial charge in [0.2, 0.25) is 0 Å². The molecule has 5 heteroatoms. The van der Waals surface area contributed by atoms with Crippen LogP contribution in [0, 0.1) is 0 Å². The first kappa shape index (κ1) is 13.6. The normalized spacial score (nSPS) is 12.5. The van der Waals surface area contributed by atoms with Crippen molar-refractivity contribution in [2.75, 3.05) is 7.05 Å². The Kier molecular flexibility index (Phi) is 4.19. The molecule has 1 heterocycles. The number of carboxylic acid groups (broad SMARTS) is 1. The van der Waals surface area contributed by atoms with E-state index in [9.17, 15) is 15.0 Å². The summed E-state index contributed by atoms with van der Waals surface area (Å²) < 4.78 is 0. The minimum atomic E-state index is -0.926. The third kappa shape index (κ3) is 3.33. The molecule has 1 atom stereocenters. The molecule has 2 rings (SSSR count). The number of hydrogen-bond acceptors (Lipinski definition) is 4. The summed E-state index contributed by atoms with van der Waals surface area (Å²) in [7, 11) is 1.77. The maximum atomic E-state index is 11.5. The average molecular weight is 277 g/mol. The second-order valence-corrected chi connectivity index (χ2v) is 5.36. The summed E-state index contributed by atoms with van der Waals surface area (Å²) in [4.78, 5) is 14.3. The molecule has 19 heavy (non-hydrogen) atoms. The highest BCUT2D eigenvalue weighted by atomic mass is 32.1. The molecule has 0 fully saturated rings. The summed E-state index contributed by atoms with van der Waals surface area (Å²) in [5.41, 5.74) is 0.576. The van der Waals surface area contributed by atoms with Gasteiger partial charge in [-0.1, -0.05) is 18.2 Å². The number of aromatic hydroxyl groups is 1. The topological polar surface area (TPSA) is 60.8 Å². The number of phenols is 1. The Balaban J connectivity index is 2.22. The van der Waals surface area contributed by atoms with Crippen LogP contribution in [-0.2, 0) is 11.3 Å². The zero-order valence-corrected chi connectivity index (χ0v) is 11.3. The van der Waals surface area contributed by atoms with Crippen molar-refractivity contribution in [2.45, 2.75) is 12.6 Å². The predicted molar refractivity (Wildman–Crippen MR) is 74.3 cm³/mol. The van der Waals surface area contributed by atoms with Crippen molar-refractivity contribution < 1.29 is 15.0 Å². The van der Waals surface area contributed by atoms with Gasteiger partial charge in [0.05, 0.1) is 0 Å². The second-order valence-electron chi connectivity index (χ2n) is 4.33. The Morgan fingerprint density at radius 3 is 2.74 bits per heavy atom. The molecular formula is C14H15NO3S. The molecule has 0 aliphatic rings. The van der Waals surface area contributed by atoms with Crippen molar-refractivity contribution in [1.29, 1.82) is 0 Å². The van der Waals surface area contributed by atoms with Crippen molar-refractivity contribution >= 4 is 17.3 Å². The molecule has 4 nitrogen and oxygen atoms in total. The monoisotopic (exact) mass is 277 g/mol. The first-order valence-corrected chi connectivity index (χ1v) is 6.70. The van der Waals surface area contributed by atoms with Gasteiger partial charge in [0, 0.05) is 11.4 Å². The lowest BCUT2D eigenvalue weighted by Gasteiger charge is -2.24. The van der Waals surface area contributed by atoms with E-state index in [-0.39, 0.29) is 5.75 Å². The Bertz CT molecular complexity index is 554. The SMILES string of the molecule is CN(Cc1cccs1)C(C(=O)O)c1cccc(O)c1. The van der Waals surface area contributed by atoms with E-state index in [0.29, 0.717) is 12.1 Å². The highest BCUT2D eigenvalue weighted by Gasteiger charge is 2.25. The zero-order valence-electron chi connectivity index (χ0n) is 10.5. The number of rotatable bonds is 5. The summed E-state index contributed by atoms with van der Waals surface area (Å²) in [6.45, 7) is 0.560. The first-order chi connectivity index (χ1) is 9.08. The van der Waals surface area contributed by atoms with Crippen molar-refractivity contribution in [1.82, 2.24) is 4.90 Å². The van der Waals surface area contributed by atoms with Gasteiger partial charge in [0.1, 0.15) is 11.8 Å². The zero-order chi connectivity index (χ0) is 13.8. The number of nitrogens with zero attached hydrogens (tertiary/aromatic N) is 1.